The maximum atomic E-state index is 12.3. The predicted molar refractivity (Wildman–Crippen MR) is 45.5 cm³/mol. The van der Waals surface area contributed by atoms with E-state index in [1.54, 1.807) is 6.92 Å². The summed E-state index contributed by atoms with van der Waals surface area (Å²) in [4.78, 5) is 20.0. The quantitative estimate of drug-likeness (QED) is 0.757. The van der Waals surface area contributed by atoms with Crippen LogP contribution in [0.2, 0.25) is 0 Å². The Morgan fingerprint density at radius 2 is 2.00 bits per heavy atom. The fourth-order valence-electron chi connectivity index (χ4n) is 0.866. The van der Waals surface area contributed by atoms with Crippen LogP contribution in [0.15, 0.2) is 12.3 Å². The first-order chi connectivity index (χ1) is 7.06. The Morgan fingerprint density at radius 3 is 2.40 bits per heavy atom. The second kappa shape index (κ2) is 6.62. The van der Waals surface area contributed by atoms with Crippen LogP contribution in [0.4, 0.5) is 8.78 Å². The van der Waals surface area contributed by atoms with Crippen molar-refractivity contribution in [2.24, 2.45) is 0 Å². The van der Waals surface area contributed by atoms with E-state index in [1.807, 2.05) is 0 Å². The summed E-state index contributed by atoms with van der Waals surface area (Å²) in [5.74, 6) is 0.218. The molecule has 0 aliphatic carbocycles. The molecule has 0 radical (unpaired) electrons. The fraction of sp³-hybridized carbons (Fsp3) is 0.333. The number of ether oxygens (including phenoxy) is 1. The lowest BCUT2D eigenvalue weighted by molar-refractivity contribution is -0.191. The maximum Gasteiger partial charge on any atom is 0.373 e. The largest absolute Gasteiger partial charge is 0.481 e. The van der Waals surface area contributed by atoms with Gasteiger partial charge in [-0.15, -0.1) is 0 Å². The van der Waals surface area contributed by atoms with E-state index < -0.39 is 6.43 Å². The Morgan fingerprint density at radius 1 is 1.47 bits per heavy atom. The highest BCUT2D eigenvalue weighted by molar-refractivity contribution is 5.29. The number of nitrogens with zero attached hydrogens (tertiary/aromatic N) is 1. The average Bonchev–Trinajstić information content (AvgIpc) is 2.19. The lowest BCUT2D eigenvalue weighted by atomic mass is 10.2. The Kier molecular flexibility index (Phi) is 5.82. The van der Waals surface area contributed by atoms with Gasteiger partial charge in [-0.1, -0.05) is 0 Å². The molecule has 0 atom stereocenters. The van der Waals surface area contributed by atoms with E-state index in [1.165, 1.54) is 19.4 Å². The number of hydrogen-bond donors (Lipinski definition) is 0. The Labute approximate surface area is 84.9 Å². The topological polar surface area (TPSA) is 56.3 Å². The molecule has 0 fully saturated rings. The van der Waals surface area contributed by atoms with E-state index in [2.05, 4.69) is 4.98 Å². The van der Waals surface area contributed by atoms with Crippen molar-refractivity contribution in [1.82, 2.24) is 4.98 Å². The third-order valence-electron chi connectivity index (χ3n) is 1.56. The van der Waals surface area contributed by atoms with Crippen LogP contribution in [0.25, 0.3) is 0 Å². The minimum atomic E-state index is -2.47. The molecule has 82 valence electrons. The average molecular weight is 217 g/mol. The van der Waals surface area contributed by atoms with Crippen LogP contribution < -0.4 is 4.74 Å². The molecule has 15 heavy (non-hydrogen) atoms. The molecule has 0 spiro atoms. The number of methoxy groups -OCH3 is 1. The van der Waals surface area contributed by atoms with Crippen molar-refractivity contribution in [2.75, 3.05) is 7.11 Å². The molecule has 1 aromatic rings. The van der Waals surface area contributed by atoms with Crippen molar-refractivity contribution in [3.05, 3.63) is 23.4 Å². The molecule has 0 unspecified atom stereocenters. The van der Waals surface area contributed by atoms with Crippen molar-refractivity contribution in [1.29, 1.82) is 0 Å². The van der Waals surface area contributed by atoms with Gasteiger partial charge in [0.05, 0.1) is 7.11 Å². The number of alkyl halides is 2. The van der Waals surface area contributed by atoms with Crippen molar-refractivity contribution in [3.8, 4) is 5.88 Å². The standard InChI is InChI=1S/C8H9F2NO.CO2/c1-5-4-11-7(12-2)3-6(5)8(9)10;2-1-3/h3-4,8H,1-2H3;. The Bertz CT molecular complexity index is 349. The first-order valence-electron chi connectivity index (χ1n) is 3.84. The zero-order valence-corrected chi connectivity index (χ0v) is 8.16. The monoisotopic (exact) mass is 217 g/mol. The molecule has 1 rings (SSSR count). The molecule has 6 heteroatoms. The van der Waals surface area contributed by atoms with Crippen molar-refractivity contribution in [3.63, 3.8) is 0 Å². The van der Waals surface area contributed by atoms with Gasteiger partial charge in [-0.2, -0.15) is 9.59 Å². The summed E-state index contributed by atoms with van der Waals surface area (Å²) >= 11 is 0. The van der Waals surface area contributed by atoms with E-state index in [-0.39, 0.29) is 17.6 Å². The number of pyridine rings is 1. The minimum Gasteiger partial charge on any atom is -0.481 e. The van der Waals surface area contributed by atoms with Crippen LogP contribution in [0.3, 0.4) is 0 Å². The lowest BCUT2D eigenvalue weighted by Gasteiger charge is -2.05. The van der Waals surface area contributed by atoms with Gasteiger partial charge in [-0.05, 0) is 12.5 Å². The minimum absolute atomic E-state index is 0.0261. The molecule has 0 bridgehead atoms. The lowest BCUT2D eigenvalue weighted by Crippen LogP contribution is -1.94. The molecule has 0 aliphatic rings. The fourth-order valence-corrected chi connectivity index (χ4v) is 0.866. The van der Waals surface area contributed by atoms with Gasteiger partial charge in [0, 0.05) is 17.8 Å². The summed E-state index contributed by atoms with van der Waals surface area (Å²) in [6.45, 7) is 1.59. The van der Waals surface area contributed by atoms with Gasteiger partial charge in [0.2, 0.25) is 5.88 Å². The smallest absolute Gasteiger partial charge is 0.373 e. The number of halogens is 2. The molecule has 0 N–H and O–H groups in total. The molecule has 0 saturated carbocycles. The van der Waals surface area contributed by atoms with Gasteiger partial charge in [0.25, 0.3) is 6.43 Å². The molecule has 0 aliphatic heterocycles. The van der Waals surface area contributed by atoms with Crippen LogP contribution in [0, 0.1) is 6.92 Å². The summed E-state index contributed by atoms with van der Waals surface area (Å²) in [6.07, 6.45) is -0.845. The molecule has 1 heterocycles. The number of carbonyl (C=O) groups excluding carboxylic acids is 2. The summed E-state index contributed by atoms with van der Waals surface area (Å²) in [5.41, 5.74) is 0.452. The normalized spacial score (nSPS) is 8.87. The highest BCUT2D eigenvalue weighted by atomic mass is 19.3. The second-order valence-corrected chi connectivity index (χ2v) is 2.47. The molecule has 4 nitrogen and oxygen atoms in total. The van der Waals surface area contributed by atoms with Gasteiger partial charge in [0.15, 0.2) is 0 Å². The van der Waals surface area contributed by atoms with Gasteiger partial charge < -0.3 is 4.74 Å². The summed E-state index contributed by atoms with van der Waals surface area (Å²) < 4.78 is 29.2. The molecule has 0 aromatic carbocycles. The molecule has 0 amide bonds. The maximum absolute atomic E-state index is 12.3. The molecule has 0 saturated heterocycles. The van der Waals surface area contributed by atoms with Crippen molar-refractivity contribution < 1.29 is 23.1 Å². The zero-order valence-electron chi connectivity index (χ0n) is 8.16. The highest BCUT2D eigenvalue weighted by Gasteiger charge is 2.11. The predicted octanol–water partition coefficient (Wildman–Crippen LogP) is 1.75. The highest BCUT2D eigenvalue weighted by Crippen LogP contribution is 2.24. The zero-order chi connectivity index (χ0) is 11.8. The van der Waals surface area contributed by atoms with Crippen LogP contribution in [-0.4, -0.2) is 18.2 Å². The summed E-state index contributed by atoms with van der Waals surface area (Å²) in [7, 11) is 1.40. The number of rotatable bonds is 2. The van der Waals surface area contributed by atoms with Crippen LogP contribution in [-0.2, 0) is 9.59 Å². The number of hydrogen-bond acceptors (Lipinski definition) is 4. The summed E-state index contributed by atoms with van der Waals surface area (Å²) in [5, 5.41) is 0. The van der Waals surface area contributed by atoms with Gasteiger partial charge in [-0.3, -0.25) is 0 Å². The number of aryl methyl sites for hydroxylation is 1. The Hall–Kier alpha value is -1.81. The SMILES string of the molecule is COc1cc(C(F)F)c(C)cn1.O=C=O. The van der Waals surface area contributed by atoms with Gasteiger partial charge in [-0.25, -0.2) is 13.8 Å². The number of aromatic nitrogens is 1. The van der Waals surface area contributed by atoms with Crippen LogP contribution >= 0.6 is 0 Å². The van der Waals surface area contributed by atoms with E-state index in [4.69, 9.17) is 14.3 Å². The Balaban J connectivity index is 0.000000583. The van der Waals surface area contributed by atoms with E-state index in [9.17, 15) is 8.78 Å². The van der Waals surface area contributed by atoms with Crippen LogP contribution in [0.1, 0.15) is 17.6 Å². The van der Waals surface area contributed by atoms with Crippen LogP contribution in [0.5, 0.6) is 5.88 Å². The van der Waals surface area contributed by atoms with Gasteiger partial charge >= 0.3 is 6.15 Å². The first kappa shape index (κ1) is 13.2. The third-order valence-corrected chi connectivity index (χ3v) is 1.56. The second-order valence-electron chi connectivity index (χ2n) is 2.47. The molecule has 1 aromatic heterocycles. The molecular formula is C9H9F2NO3. The van der Waals surface area contributed by atoms with E-state index in [0.717, 1.165) is 0 Å². The van der Waals surface area contributed by atoms with E-state index >= 15 is 0 Å². The van der Waals surface area contributed by atoms with Gasteiger partial charge in [0.1, 0.15) is 0 Å². The summed E-state index contributed by atoms with van der Waals surface area (Å²) in [6, 6.07) is 1.25. The molecular weight excluding hydrogens is 208 g/mol. The first-order valence-corrected chi connectivity index (χ1v) is 3.84. The third kappa shape index (κ3) is 4.28. The van der Waals surface area contributed by atoms with Crippen molar-refractivity contribution >= 4 is 6.15 Å². The van der Waals surface area contributed by atoms with Crippen molar-refractivity contribution in [2.45, 2.75) is 13.3 Å². The van der Waals surface area contributed by atoms with E-state index in [0.29, 0.717) is 5.56 Å².